The SMILES string of the molecule is CCOC(=O)Cc1cccc(-c2cc3cc(-c4ccc(-c5ccccc5O)cc4)c(Cl)cc3[nH]c2=O)c1. The number of para-hydroxylation sites is 1. The highest BCUT2D eigenvalue weighted by molar-refractivity contribution is 6.34. The summed E-state index contributed by atoms with van der Waals surface area (Å²) in [7, 11) is 0. The number of carbonyl (C=O) groups is 1. The van der Waals surface area contributed by atoms with Gasteiger partial charge < -0.3 is 14.8 Å². The highest BCUT2D eigenvalue weighted by Gasteiger charge is 2.12. The van der Waals surface area contributed by atoms with Crippen LogP contribution in [0.2, 0.25) is 5.02 Å². The topological polar surface area (TPSA) is 79.4 Å². The van der Waals surface area contributed by atoms with Gasteiger partial charge in [0.2, 0.25) is 0 Å². The highest BCUT2D eigenvalue weighted by Crippen LogP contribution is 2.35. The second-order valence-corrected chi connectivity index (χ2v) is 9.12. The molecule has 5 aromatic rings. The molecular weight excluding hydrogens is 486 g/mol. The van der Waals surface area contributed by atoms with Gasteiger partial charge in [0.25, 0.3) is 5.56 Å². The molecular formula is C31H24ClNO4. The summed E-state index contributed by atoms with van der Waals surface area (Å²) in [6.45, 7) is 2.09. The van der Waals surface area contributed by atoms with E-state index >= 15 is 0 Å². The number of rotatable bonds is 6. The van der Waals surface area contributed by atoms with Crippen molar-refractivity contribution in [3.63, 3.8) is 0 Å². The van der Waals surface area contributed by atoms with Crippen LogP contribution in [0.25, 0.3) is 44.3 Å². The molecule has 0 bridgehead atoms. The Morgan fingerprint density at radius 3 is 2.27 bits per heavy atom. The number of phenolic OH excluding ortho intramolecular Hbond substituents is 1. The predicted octanol–water partition coefficient (Wildman–Crippen LogP) is 6.99. The summed E-state index contributed by atoms with van der Waals surface area (Å²) in [5.41, 5.74) is 5.78. The van der Waals surface area contributed by atoms with Crippen LogP contribution < -0.4 is 5.56 Å². The largest absolute Gasteiger partial charge is 0.507 e. The van der Waals surface area contributed by atoms with Crippen LogP contribution in [0, 0.1) is 0 Å². The van der Waals surface area contributed by atoms with Crippen LogP contribution >= 0.6 is 11.6 Å². The number of phenols is 1. The fourth-order valence-corrected chi connectivity index (χ4v) is 4.71. The molecule has 0 saturated carbocycles. The third kappa shape index (κ3) is 5.13. The highest BCUT2D eigenvalue weighted by atomic mass is 35.5. The number of pyridine rings is 1. The molecule has 0 fully saturated rings. The van der Waals surface area contributed by atoms with E-state index in [0.717, 1.165) is 33.2 Å². The number of halogens is 1. The van der Waals surface area contributed by atoms with E-state index in [-0.39, 0.29) is 23.7 Å². The summed E-state index contributed by atoms with van der Waals surface area (Å²) in [4.78, 5) is 27.8. The second-order valence-electron chi connectivity index (χ2n) is 8.71. The van der Waals surface area contributed by atoms with E-state index in [1.165, 1.54) is 0 Å². The van der Waals surface area contributed by atoms with Crippen LogP contribution in [-0.2, 0) is 16.0 Å². The Hall–Kier alpha value is -4.35. The monoisotopic (exact) mass is 509 g/mol. The fraction of sp³-hybridized carbons (Fsp3) is 0.0968. The van der Waals surface area contributed by atoms with E-state index in [1.807, 2.05) is 72.8 Å². The summed E-state index contributed by atoms with van der Waals surface area (Å²) in [6, 6.07) is 27.9. The van der Waals surface area contributed by atoms with E-state index in [1.54, 1.807) is 25.1 Å². The minimum atomic E-state index is -0.306. The number of aromatic amines is 1. The zero-order valence-corrected chi connectivity index (χ0v) is 20.9. The lowest BCUT2D eigenvalue weighted by Crippen LogP contribution is -2.10. The maximum absolute atomic E-state index is 12.9. The van der Waals surface area contributed by atoms with Crippen LogP contribution in [-0.4, -0.2) is 22.7 Å². The molecule has 2 N–H and O–H groups in total. The van der Waals surface area contributed by atoms with Gasteiger partial charge in [0, 0.05) is 22.2 Å². The molecule has 1 aromatic heterocycles. The number of esters is 1. The van der Waals surface area contributed by atoms with Crippen molar-refractivity contribution < 1.29 is 14.6 Å². The van der Waals surface area contributed by atoms with Crippen molar-refractivity contribution in [1.29, 1.82) is 0 Å². The molecule has 1 heterocycles. The Labute approximate surface area is 218 Å². The average molecular weight is 510 g/mol. The Bertz CT molecular complexity index is 1670. The molecule has 6 heteroatoms. The standard InChI is InChI=1S/C31H24ClNO4/c1-2-37-30(35)15-19-6-5-7-22(14-19)26-17-23-16-25(27(32)18-28(23)33-31(26)36)21-12-10-20(11-13-21)24-8-3-4-9-29(24)34/h3-14,16-18,34H,2,15H2,1H3,(H,33,36). The van der Waals surface area contributed by atoms with E-state index in [0.29, 0.717) is 28.3 Å². The van der Waals surface area contributed by atoms with Gasteiger partial charge in [-0.05, 0) is 58.8 Å². The van der Waals surface area contributed by atoms with Gasteiger partial charge in [-0.3, -0.25) is 9.59 Å². The molecule has 5 nitrogen and oxygen atoms in total. The summed E-state index contributed by atoms with van der Waals surface area (Å²) in [6.07, 6.45) is 0.143. The van der Waals surface area contributed by atoms with Crippen molar-refractivity contribution in [1.82, 2.24) is 4.98 Å². The molecule has 0 aliphatic rings. The first-order valence-electron chi connectivity index (χ1n) is 11.9. The second kappa shape index (κ2) is 10.3. The van der Waals surface area contributed by atoms with Gasteiger partial charge in [-0.1, -0.05) is 78.3 Å². The van der Waals surface area contributed by atoms with Crippen molar-refractivity contribution in [3.8, 4) is 39.1 Å². The number of aromatic nitrogens is 1. The maximum atomic E-state index is 12.9. The first-order chi connectivity index (χ1) is 17.9. The third-order valence-corrected chi connectivity index (χ3v) is 6.55. The van der Waals surface area contributed by atoms with Gasteiger partial charge in [0.05, 0.1) is 18.1 Å². The average Bonchev–Trinajstić information content (AvgIpc) is 2.89. The van der Waals surface area contributed by atoms with Gasteiger partial charge in [0.1, 0.15) is 5.75 Å². The fourth-order valence-electron chi connectivity index (χ4n) is 4.44. The summed E-state index contributed by atoms with van der Waals surface area (Å²) < 4.78 is 5.05. The number of fused-ring (bicyclic) bond motifs is 1. The van der Waals surface area contributed by atoms with Gasteiger partial charge in [-0.15, -0.1) is 0 Å². The quantitative estimate of drug-likeness (QED) is 0.242. The van der Waals surface area contributed by atoms with E-state index in [2.05, 4.69) is 4.98 Å². The Balaban J connectivity index is 1.52. The first-order valence-corrected chi connectivity index (χ1v) is 12.3. The molecule has 0 radical (unpaired) electrons. The molecule has 0 amide bonds. The zero-order valence-electron chi connectivity index (χ0n) is 20.1. The Morgan fingerprint density at radius 2 is 1.54 bits per heavy atom. The minimum Gasteiger partial charge on any atom is -0.507 e. The molecule has 0 spiro atoms. The van der Waals surface area contributed by atoms with Gasteiger partial charge >= 0.3 is 5.97 Å². The number of carbonyl (C=O) groups excluding carboxylic acids is 1. The minimum absolute atomic E-state index is 0.143. The van der Waals surface area contributed by atoms with Crippen molar-refractivity contribution >= 4 is 28.5 Å². The molecule has 0 unspecified atom stereocenters. The number of hydrogen-bond acceptors (Lipinski definition) is 4. The molecule has 0 saturated heterocycles. The number of aromatic hydroxyl groups is 1. The van der Waals surface area contributed by atoms with Crippen LogP contribution in [0.15, 0.2) is 95.8 Å². The van der Waals surface area contributed by atoms with Crippen molar-refractivity contribution in [2.45, 2.75) is 13.3 Å². The van der Waals surface area contributed by atoms with E-state index in [4.69, 9.17) is 16.3 Å². The number of nitrogens with one attached hydrogen (secondary N) is 1. The maximum Gasteiger partial charge on any atom is 0.310 e. The lowest BCUT2D eigenvalue weighted by Gasteiger charge is -2.11. The number of benzene rings is 4. The summed E-state index contributed by atoms with van der Waals surface area (Å²) in [5.74, 6) is -0.0818. The van der Waals surface area contributed by atoms with Gasteiger partial charge in [-0.2, -0.15) is 0 Å². The van der Waals surface area contributed by atoms with Crippen LogP contribution in [0.4, 0.5) is 0 Å². The molecule has 0 aliphatic heterocycles. The third-order valence-electron chi connectivity index (χ3n) is 6.23. The van der Waals surface area contributed by atoms with Crippen molar-refractivity contribution in [2.75, 3.05) is 6.61 Å². The molecule has 184 valence electrons. The molecule has 0 atom stereocenters. The van der Waals surface area contributed by atoms with Crippen LogP contribution in [0.1, 0.15) is 12.5 Å². The number of ether oxygens (including phenoxy) is 1. The van der Waals surface area contributed by atoms with Gasteiger partial charge in [-0.25, -0.2) is 0 Å². The Kier molecular flexibility index (Phi) is 6.80. The van der Waals surface area contributed by atoms with E-state index < -0.39 is 0 Å². The molecule has 37 heavy (non-hydrogen) atoms. The molecule has 0 aliphatic carbocycles. The zero-order chi connectivity index (χ0) is 25.9. The lowest BCUT2D eigenvalue weighted by atomic mass is 9.97. The van der Waals surface area contributed by atoms with Crippen LogP contribution in [0.5, 0.6) is 5.75 Å². The molecule has 4 aromatic carbocycles. The van der Waals surface area contributed by atoms with Crippen molar-refractivity contribution in [2.24, 2.45) is 0 Å². The lowest BCUT2D eigenvalue weighted by molar-refractivity contribution is -0.142. The first kappa shape index (κ1) is 24.3. The van der Waals surface area contributed by atoms with Crippen molar-refractivity contribution in [3.05, 3.63) is 112 Å². The number of hydrogen-bond donors (Lipinski definition) is 2. The summed E-state index contributed by atoms with van der Waals surface area (Å²) in [5, 5.41) is 11.5. The van der Waals surface area contributed by atoms with Crippen LogP contribution in [0.3, 0.4) is 0 Å². The summed E-state index contributed by atoms with van der Waals surface area (Å²) >= 11 is 6.62. The number of H-pyrrole nitrogens is 1. The Morgan fingerprint density at radius 1 is 0.838 bits per heavy atom. The van der Waals surface area contributed by atoms with Gasteiger partial charge in [0.15, 0.2) is 0 Å². The smallest absolute Gasteiger partial charge is 0.310 e. The predicted molar refractivity (Wildman–Crippen MR) is 148 cm³/mol. The van der Waals surface area contributed by atoms with E-state index in [9.17, 15) is 14.7 Å². The molecule has 5 rings (SSSR count). The normalized spacial score (nSPS) is 11.0.